The standard InChI is InChI=1S/C27H28N2O4S/c1-6-33-26(31)23-17(4)28-27-29(24(23)20-9-7-8-10-21(20)32-5)25(30)22(34-27)15-18-11-13-19(14-12-18)16(2)3/h7-16,24H,6H2,1-5H3/b22-15+. The van der Waals surface area contributed by atoms with Crippen LogP contribution in [0.25, 0.3) is 6.08 Å². The minimum Gasteiger partial charge on any atom is -0.496 e. The van der Waals surface area contributed by atoms with Crippen LogP contribution < -0.4 is 19.6 Å². The van der Waals surface area contributed by atoms with Gasteiger partial charge in [0, 0.05) is 5.56 Å². The predicted octanol–water partition coefficient (Wildman–Crippen LogP) is 3.93. The van der Waals surface area contributed by atoms with Crippen LogP contribution in [0.4, 0.5) is 0 Å². The molecule has 1 unspecified atom stereocenters. The Bertz CT molecular complexity index is 1430. The van der Waals surface area contributed by atoms with Crippen LogP contribution in [0.5, 0.6) is 5.75 Å². The van der Waals surface area contributed by atoms with Gasteiger partial charge < -0.3 is 9.47 Å². The van der Waals surface area contributed by atoms with E-state index in [2.05, 4.69) is 31.0 Å². The maximum Gasteiger partial charge on any atom is 0.338 e. The molecular formula is C27H28N2O4S. The summed E-state index contributed by atoms with van der Waals surface area (Å²) in [5, 5.41) is 0. The van der Waals surface area contributed by atoms with Crippen LogP contribution in [0.15, 0.2) is 69.6 Å². The molecule has 6 nitrogen and oxygen atoms in total. The summed E-state index contributed by atoms with van der Waals surface area (Å²) in [6.45, 7) is 8.05. The third kappa shape index (κ3) is 4.35. The van der Waals surface area contributed by atoms with Gasteiger partial charge in [-0.2, -0.15) is 0 Å². The number of aromatic nitrogens is 1. The molecule has 1 atom stereocenters. The Labute approximate surface area is 202 Å². The van der Waals surface area contributed by atoms with Crippen molar-refractivity contribution in [3.8, 4) is 5.75 Å². The van der Waals surface area contributed by atoms with Gasteiger partial charge in [-0.05, 0) is 43.0 Å². The van der Waals surface area contributed by atoms with Gasteiger partial charge in [0.2, 0.25) is 0 Å². The fraction of sp³-hybridized carbons (Fsp3) is 0.296. The van der Waals surface area contributed by atoms with Crippen molar-refractivity contribution in [2.45, 2.75) is 39.7 Å². The van der Waals surface area contributed by atoms with E-state index in [1.807, 2.05) is 42.5 Å². The van der Waals surface area contributed by atoms with E-state index in [-0.39, 0.29) is 12.2 Å². The van der Waals surface area contributed by atoms with E-state index < -0.39 is 12.0 Å². The molecule has 0 spiro atoms. The lowest BCUT2D eigenvalue weighted by molar-refractivity contribution is -0.139. The number of carbonyl (C=O) groups is 1. The molecule has 3 aromatic rings. The molecule has 0 amide bonds. The first-order chi connectivity index (χ1) is 16.3. The minimum atomic E-state index is -0.697. The second-order valence-corrected chi connectivity index (χ2v) is 9.37. The van der Waals surface area contributed by atoms with Crippen molar-refractivity contribution in [2.24, 2.45) is 4.99 Å². The highest BCUT2D eigenvalue weighted by atomic mass is 32.1. The summed E-state index contributed by atoms with van der Waals surface area (Å²) in [6.07, 6.45) is 1.87. The van der Waals surface area contributed by atoms with Crippen molar-refractivity contribution in [3.63, 3.8) is 0 Å². The van der Waals surface area contributed by atoms with Crippen LogP contribution in [0.2, 0.25) is 0 Å². The second-order valence-electron chi connectivity index (χ2n) is 8.37. The van der Waals surface area contributed by atoms with Gasteiger partial charge in [0.05, 0.1) is 29.5 Å². The monoisotopic (exact) mass is 476 g/mol. The molecule has 0 radical (unpaired) electrons. The van der Waals surface area contributed by atoms with Gasteiger partial charge in [-0.3, -0.25) is 9.36 Å². The predicted molar refractivity (Wildman–Crippen MR) is 134 cm³/mol. The first kappa shape index (κ1) is 23.7. The SMILES string of the molecule is CCOC(=O)C1=C(C)N=c2s/c(=C/c3ccc(C(C)C)cc3)c(=O)n2C1c1ccccc1OC. The quantitative estimate of drug-likeness (QED) is 0.506. The number of benzene rings is 2. The zero-order valence-electron chi connectivity index (χ0n) is 20.0. The molecule has 34 heavy (non-hydrogen) atoms. The summed E-state index contributed by atoms with van der Waals surface area (Å²) in [7, 11) is 1.57. The van der Waals surface area contributed by atoms with E-state index in [0.717, 1.165) is 5.56 Å². The molecule has 0 aliphatic carbocycles. The number of hydrogen-bond donors (Lipinski definition) is 0. The van der Waals surface area contributed by atoms with Crippen molar-refractivity contribution in [3.05, 3.63) is 96.2 Å². The maximum atomic E-state index is 13.7. The fourth-order valence-electron chi connectivity index (χ4n) is 4.11. The molecule has 0 bridgehead atoms. The topological polar surface area (TPSA) is 69.9 Å². The van der Waals surface area contributed by atoms with Gasteiger partial charge >= 0.3 is 5.97 Å². The number of carbonyl (C=O) groups excluding carboxylic acids is 1. The molecule has 2 heterocycles. The lowest BCUT2D eigenvalue weighted by atomic mass is 9.95. The third-order valence-corrected chi connectivity index (χ3v) is 6.83. The number of esters is 1. The first-order valence-corrected chi connectivity index (χ1v) is 12.1. The highest BCUT2D eigenvalue weighted by molar-refractivity contribution is 7.07. The van der Waals surface area contributed by atoms with Crippen LogP contribution in [0.3, 0.4) is 0 Å². The minimum absolute atomic E-state index is 0.207. The van der Waals surface area contributed by atoms with Gasteiger partial charge in [-0.1, -0.05) is 67.6 Å². The van der Waals surface area contributed by atoms with Gasteiger partial charge in [0.25, 0.3) is 5.56 Å². The molecule has 0 saturated heterocycles. The normalized spacial score (nSPS) is 15.8. The number of nitrogens with zero attached hydrogens (tertiary/aromatic N) is 2. The Morgan fingerprint density at radius 3 is 2.53 bits per heavy atom. The van der Waals surface area contributed by atoms with Crippen molar-refractivity contribution >= 4 is 23.4 Å². The fourth-order valence-corrected chi connectivity index (χ4v) is 5.15. The number of rotatable bonds is 6. The van der Waals surface area contributed by atoms with E-state index in [9.17, 15) is 9.59 Å². The summed E-state index contributed by atoms with van der Waals surface area (Å²) < 4.78 is 13.1. The zero-order valence-corrected chi connectivity index (χ0v) is 20.8. The number of para-hydroxylation sites is 1. The van der Waals surface area contributed by atoms with E-state index in [0.29, 0.717) is 37.8 Å². The molecule has 4 rings (SSSR count). The molecule has 0 fully saturated rings. The molecule has 7 heteroatoms. The largest absolute Gasteiger partial charge is 0.496 e. The van der Waals surface area contributed by atoms with E-state index in [1.165, 1.54) is 16.9 Å². The lowest BCUT2D eigenvalue weighted by Crippen LogP contribution is -2.40. The molecule has 1 aliphatic heterocycles. The van der Waals surface area contributed by atoms with Crippen molar-refractivity contribution < 1.29 is 14.3 Å². The van der Waals surface area contributed by atoms with Crippen LogP contribution in [0, 0.1) is 0 Å². The van der Waals surface area contributed by atoms with E-state index in [4.69, 9.17) is 9.47 Å². The molecule has 2 aromatic carbocycles. The number of fused-ring (bicyclic) bond motifs is 1. The Morgan fingerprint density at radius 2 is 1.88 bits per heavy atom. The van der Waals surface area contributed by atoms with Crippen molar-refractivity contribution in [2.75, 3.05) is 13.7 Å². The summed E-state index contributed by atoms with van der Waals surface area (Å²) in [5.41, 5.74) is 3.54. The number of ether oxygens (including phenoxy) is 2. The summed E-state index contributed by atoms with van der Waals surface area (Å²) in [5.74, 6) is 0.533. The molecule has 0 saturated carbocycles. The Kier molecular flexibility index (Phi) is 6.84. The Balaban J connectivity index is 1.93. The summed E-state index contributed by atoms with van der Waals surface area (Å²) >= 11 is 1.31. The number of hydrogen-bond acceptors (Lipinski definition) is 6. The summed E-state index contributed by atoms with van der Waals surface area (Å²) in [6, 6.07) is 14.9. The number of allylic oxidation sites excluding steroid dienone is 1. The van der Waals surface area contributed by atoms with Gasteiger partial charge in [0.15, 0.2) is 4.80 Å². The third-order valence-electron chi connectivity index (χ3n) is 5.85. The van der Waals surface area contributed by atoms with Crippen LogP contribution >= 0.6 is 11.3 Å². The van der Waals surface area contributed by atoms with Gasteiger partial charge in [-0.25, -0.2) is 9.79 Å². The molecule has 176 valence electrons. The lowest BCUT2D eigenvalue weighted by Gasteiger charge is -2.25. The smallest absolute Gasteiger partial charge is 0.338 e. The molecule has 0 N–H and O–H groups in total. The average molecular weight is 477 g/mol. The maximum absolute atomic E-state index is 13.7. The number of thiazole rings is 1. The second kappa shape index (κ2) is 9.81. The molecular weight excluding hydrogens is 448 g/mol. The highest BCUT2D eigenvalue weighted by Gasteiger charge is 2.34. The van der Waals surface area contributed by atoms with E-state index in [1.54, 1.807) is 25.5 Å². The van der Waals surface area contributed by atoms with E-state index >= 15 is 0 Å². The first-order valence-electron chi connectivity index (χ1n) is 11.3. The highest BCUT2D eigenvalue weighted by Crippen LogP contribution is 2.35. The van der Waals surface area contributed by atoms with Crippen molar-refractivity contribution in [1.82, 2.24) is 4.57 Å². The van der Waals surface area contributed by atoms with Crippen molar-refractivity contribution in [1.29, 1.82) is 0 Å². The zero-order chi connectivity index (χ0) is 24.4. The van der Waals surface area contributed by atoms with Gasteiger partial charge in [-0.15, -0.1) is 0 Å². The average Bonchev–Trinajstić information content (AvgIpc) is 3.13. The molecule has 1 aliphatic rings. The Hall–Kier alpha value is -3.45. The van der Waals surface area contributed by atoms with Gasteiger partial charge in [0.1, 0.15) is 11.8 Å². The van der Waals surface area contributed by atoms with Crippen LogP contribution in [-0.2, 0) is 9.53 Å². The summed E-state index contributed by atoms with van der Waals surface area (Å²) in [4.78, 5) is 31.8. The Morgan fingerprint density at radius 1 is 1.18 bits per heavy atom. The number of methoxy groups -OCH3 is 1. The van der Waals surface area contributed by atoms with Crippen LogP contribution in [0.1, 0.15) is 56.3 Å². The van der Waals surface area contributed by atoms with Crippen LogP contribution in [-0.4, -0.2) is 24.3 Å². The molecule has 1 aromatic heterocycles.